The molecule has 5 heteroatoms. The van der Waals surface area contributed by atoms with Crippen molar-refractivity contribution < 1.29 is 9.53 Å². The van der Waals surface area contributed by atoms with Gasteiger partial charge in [0.05, 0.1) is 12.5 Å². The van der Waals surface area contributed by atoms with Gasteiger partial charge in [-0.1, -0.05) is 5.11 Å². The van der Waals surface area contributed by atoms with Crippen LogP contribution in [0.15, 0.2) is 5.11 Å². The van der Waals surface area contributed by atoms with Gasteiger partial charge in [0, 0.05) is 10.8 Å². The summed E-state index contributed by atoms with van der Waals surface area (Å²) in [5.74, 6) is 0.149. The Bertz CT molecular complexity index is 259. The van der Waals surface area contributed by atoms with Crippen LogP contribution in [0.25, 0.3) is 10.4 Å². The van der Waals surface area contributed by atoms with E-state index in [1.807, 2.05) is 0 Å². The highest BCUT2D eigenvalue weighted by molar-refractivity contribution is 5.72. The minimum absolute atomic E-state index is 0.119. The van der Waals surface area contributed by atoms with Crippen LogP contribution >= 0.6 is 0 Å². The molecule has 2 rings (SSSR count). The van der Waals surface area contributed by atoms with Crippen LogP contribution in [0.2, 0.25) is 0 Å². The van der Waals surface area contributed by atoms with Crippen molar-refractivity contribution in [2.75, 3.05) is 0 Å². The Balaban J connectivity index is 2.12. The third-order valence-electron chi connectivity index (χ3n) is 2.57. The van der Waals surface area contributed by atoms with Crippen molar-refractivity contribution in [3.8, 4) is 0 Å². The molecule has 0 aromatic heterocycles. The molecule has 2 fully saturated rings. The molecule has 0 unspecified atom stereocenters. The fourth-order valence-corrected chi connectivity index (χ4v) is 2.02. The van der Waals surface area contributed by atoms with Gasteiger partial charge in [0.2, 0.25) is 0 Å². The summed E-state index contributed by atoms with van der Waals surface area (Å²) in [6.07, 6.45) is 2.17. The third-order valence-corrected chi connectivity index (χ3v) is 2.57. The van der Waals surface area contributed by atoms with E-state index in [0.717, 1.165) is 12.8 Å². The van der Waals surface area contributed by atoms with Crippen LogP contribution in [0.1, 0.15) is 19.3 Å². The van der Waals surface area contributed by atoms with E-state index in [0.29, 0.717) is 12.3 Å². The Labute approximate surface area is 69.3 Å². The van der Waals surface area contributed by atoms with Crippen LogP contribution in [-0.2, 0) is 9.53 Å². The molecule has 0 bridgehead atoms. The monoisotopic (exact) mass is 167 g/mol. The number of rotatable bonds is 1. The summed E-state index contributed by atoms with van der Waals surface area (Å²) in [4.78, 5) is 13.6. The van der Waals surface area contributed by atoms with E-state index in [2.05, 4.69) is 10.0 Å². The Morgan fingerprint density at radius 3 is 3.17 bits per heavy atom. The van der Waals surface area contributed by atoms with Crippen LogP contribution in [0.3, 0.4) is 0 Å². The molecule has 1 saturated carbocycles. The molecule has 0 aromatic carbocycles. The van der Waals surface area contributed by atoms with Crippen LogP contribution in [0.4, 0.5) is 0 Å². The maximum atomic E-state index is 10.8. The molecule has 0 N–H and O–H groups in total. The van der Waals surface area contributed by atoms with Crippen molar-refractivity contribution in [1.82, 2.24) is 0 Å². The highest BCUT2D eigenvalue weighted by Crippen LogP contribution is 2.38. The van der Waals surface area contributed by atoms with Gasteiger partial charge in [0.15, 0.2) is 0 Å². The standard InChI is InChI=1S/C7H9N3O2/c8-10-9-5-2-1-4-3-6(11)12-7(4)5/h4-5,7H,1-3H2/t4-,5+,7+/m1/s1. The smallest absolute Gasteiger partial charge is 0.306 e. The summed E-state index contributed by atoms with van der Waals surface area (Å²) >= 11 is 0. The number of nitrogens with zero attached hydrogens (tertiary/aromatic N) is 3. The molecule has 12 heavy (non-hydrogen) atoms. The predicted molar refractivity (Wildman–Crippen MR) is 40.2 cm³/mol. The number of carbonyl (C=O) groups is 1. The second-order valence-electron chi connectivity index (χ2n) is 3.27. The van der Waals surface area contributed by atoms with Gasteiger partial charge in [-0.15, -0.1) is 0 Å². The molecule has 0 amide bonds. The SMILES string of the molecule is [N-]=[N+]=N[C@H]1CC[C@@H]2CC(=O)O[C@@H]21. The molecule has 5 nitrogen and oxygen atoms in total. The Morgan fingerprint density at radius 2 is 2.42 bits per heavy atom. The molecule has 64 valence electrons. The lowest BCUT2D eigenvalue weighted by molar-refractivity contribution is -0.141. The largest absolute Gasteiger partial charge is 0.462 e. The molecular formula is C7H9N3O2. The quantitative estimate of drug-likeness (QED) is 0.256. The van der Waals surface area contributed by atoms with E-state index in [9.17, 15) is 4.79 Å². The lowest BCUT2D eigenvalue weighted by Crippen LogP contribution is -2.21. The lowest BCUT2D eigenvalue weighted by Gasteiger charge is -2.11. The van der Waals surface area contributed by atoms with Crippen molar-refractivity contribution in [2.24, 2.45) is 11.0 Å². The van der Waals surface area contributed by atoms with Gasteiger partial charge in [-0.25, -0.2) is 0 Å². The summed E-state index contributed by atoms with van der Waals surface area (Å²) in [5, 5.41) is 3.60. The highest BCUT2D eigenvalue weighted by atomic mass is 16.6. The number of fused-ring (bicyclic) bond motifs is 1. The average molecular weight is 167 g/mol. The molecule has 0 radical (unpaired) electrons. The van der Waals surface area contributed by atoms with Crippen LogP contribution in [0, 0.1) is 5.92 Å². The Kier molecular flexibility index (Phi) is 1.66. The molecule has 3 atom stereocenters. The summed E-state index contributed by atoms with van der Waals surface area (Å²) in [6.45, 7) is 0. The molecule has 2 aliphatic rings. The summed E-state index contributed by atoms with van der Waals surface area (Å²) in [5.41, 5.74) is 8.23. The number of hydrogen-bond acceptors (Lipinski definition) is 3. The highest BCUT2D eigenvalue weighted by Gasteiger charge is 2.44. The first-order valence-corrected chi connectivity index (χ1v) is 4.05. The topological polar surface area (TPSA) is 75.1 Å². The minimum atomic E-state index is -0.150. The van der Waals surface area contributed by atoms with E-state index in [1.54, 1.807) is 0 Å². The first-order chi connectivity index (χ1) is 5.81. The van der Waals surface area contributed by atoms with E-state index in [1.165, 1.54) is 0 Å². The molecule has 0 spiro atoms. The first kappa shape index (κ1) is 7.43. The lowest BCUT2D eigenvalue weighted by atomic mass is 10.0. The van der Waals surface area contributed by atoms with E-state index >= 15 is 0 Å². The molecule has 1 saturated heterocycles. The fraction of sp³-hybridized carbons (Fsp3) is 0.857. The molecule has 0 aromatic rings. The molecule has 1 aliphatic heterocycles. The molecular weight excluding hydrogens is 158 g/mol. The van der Waals surface area contributed by atoms with E-state index in [-0.39, 0.29) is 18.1 Å². The van der Waals surface area contributed by atoms with Crippen molar-refractivity contribution in [2.45, 2.75) is 31.4 Å². The normalized spacial score (nSPS) is 38.7. The van der Waals surface area contributed by atoms with Crippen LogP contribution in [0.5, 0.6) is 0 Å². The zero-order valence-electron chi connectivity index (χ0n) is 6.51. The summed E-state index contributed by atoms with van der Waals surface area (Å²) < 4.78 is 5.05. The zero-order valence-corrected chi connectivity index (χ0v) is 6.51. The maximum absolute atomic E-state index is 10.8. The van der Waals surface area contributed by atoms with Crippen LogP contribution in [-0.4, -0.2) is 18.1 Å². The Morgan fingerprint density at radius 1 is 1.58 bits per heavy atom. The van der Waals surface area contributed by atoms with Crippen molar-refractivity contribution >= 4 is 5.97 Å². The number of esters is 1. The minimum Gasteiger partial charge on any atom is -0.462 e. The van der Waals surface area contributed by atoms with Gasteiger partial charge in [-0.05, 0) is 18.4 Å². The maximum Gasteiger partial charge on any atom is 0.306 e. The number of ether oxygens (including phenoxy) is 1. The van der Waals surface area contributed by atoms with Gasteiger partial charge >= 0.3 is 5.97 Å². The van der Waals surface area contributed by atoms with E-state index in [4.69, 9.17) is 10.3 Å². The van der Waals surface area contributed by atoms with Gasteiger partial charge in [-0.2, -0.15) is 0 Å². The summed E-state index contributed by atoms with van der Waals surface area (Å²) in [7, 11) is 0. The van der Waals surface area contributed by atoms with Gasteiger partial charge in [0.1, 0.15) is 6.10 Å². The fourth-order valence-electron chi connectivity index (χ4n) is 2.02. The Hall–Kier alpha value is -1.22. The van der Waals surface area contributed by atoms with Gasteiger partial charge in [-0.3, -0.25) is 4.79 Å². The van der Waals surface area contributed by atoms with Crippen molar-refractivity contribution in [3.05, 3.63) is 10.4 Å². The average Bonchev–Trinajstić information content (AvgIpc) is 2.52. The zero-order chi connectivity index (χ0) is 8.55. The van der Waals surface area contributed by atoms with E-state index < -0.39 is 0 Å². The number of carbonyl (C=O) groups excluding carboxylic acids is 1. The first-order valence-electron chi connectivity index (χ1n) is 4.05. The predicted octanol–water partition coefficient (Wildman–Crippen LogP) is 1.39. The molecule has 1 heterocycles. The second-order valence-corrected chi connectivity index (χ2v) is 3.27. The number of azide groups is 1. The van der Waals surface area contributed by atoms with Crippen molar-refractivity contribution in [3.63, 3.8) is 0 Å². The summed E-state index contributed by atoms with van der Waals surface area (Å²) in [6, 6.07) is -0.119. The number of hydrogen-bond donors (Lipinski definition) is 0. The second kappa shape index (κ2) is 2.68. The van der Waals surface area contributed by atoms with Gasteiger partial charge < -0.3 is 4.74 Å². The molecule has 1 aliphatic carbocycles. The van der Waals surface area contributed by atoms with Crippen LogP contribution < -0.4 is 0 Å². The van der Waals surface area contributed by atoms with Crippen molar-refractivity contribution in [1.29, 1.82) is 0 Å². The third kappa shape index (κ3) is 1.02. The van der Waals surface area contributed by atoms with Gasteiger partial charge in [0.25, 0.3) is 0 Å².